The number of nitrogens with one attached hydrogen (secondary N) is 1. The molecule has 0 aromatic rings. The number of rotatable bonds is 6. The van der Waals surface area contributed by atoms with Crippen molar-refractivity contribution in [2.24, 2.45) is 0 Å². The van der Waals surface area contributed by atoms with E-state index < -0.39 is 0 Å². The molecule has 2 fully saturated rings. The second-order valence-corrected chi connectivity index (χ2v) is 7.88. The predicted octanol–water partition coefficient (Wildman–Crippen LogP) is 2.19. The van der Waals surface area contributed by atoms with Crippen LogP contribution in [0.2, 0.25) is 0 Å². The lowest BCUT2D eigenvalue weighted by Gasteiger charge is -2.39. The molecule has 1 N–H and O–H groups in total. The van der Waals surface area contributed by atoms with Crippen LogP contribution in [0, 0.1) is 0 Å². The fourth-order valence-corrected chi connectivity index (χ4v) is 4.76. The number of amides is 1. The van der Waals surface area contributed by atoms with Crippen molar-refractivity contribution in [2.75, 3.05) is 38.2 Å². The normalized spacial score (nSPS) is 23.6. The molecule has 128 valence electrons. The van der Waals surface area contributed by atoms with E-state index in [4.69, 9.17) is 0 Å². The number of piperidine rings is 1. The van der Waals surface area contributed by atoms with Crippen LogP contribution in [0.15, 0.2) is 0 Å². The molecule has 1 atom stereocenters. The summed E-state index contributed by atoms with van der Waals surface area (Å²) in [5.74, 6) is 2.87. The average Bonchev–Trinajstić information content (AvgIpc) is 2.56. The molecule has 2 rings (SSSR count). The van der Waals surface area contributed by atoms with E-state index in [-0.39, 0.29) is 11.9 Å². The standard InChI is InChI=1S/C17H33N3OS/c1-4-16(19(3)5-2)17(21)18-14-6-10-20(11-7-14)15-8-12-22-13-9-15/h14-16H,4-13H2,1-3H3,(H,18,21). The van der Waals surface area contributed by atoms with Crippen LogP contribution in [0.3, 0.4) is 0 Å². The minimum Gasteiger partial charge on any atom is -0.352 e. The van der Waals surface area contributed by atoms with E-state index in [9.17, 15) is 4.79 Å². The van der Waals surface area contributed by atoms with E-state index in [0.717, 1.165) is 44.9 Å². The second kappa shape index (κ2) is 9.14. The van der Waals surface area contributed by atoms with Crippen molar-refractivity contribution in [3.8, 4) is 0 Å². The highest BCUT2D eigenvalue weighted by Gasteiger charge is 2.28. The predicted molar refractivity (Wildman–Crippen MR) is 95.5 cm³/mol. The van der Waals surface area contributed by atoms with Crippen molar-refractivity contribution >= 4 is 17.7 Å². The number of likely N-dealkylation sites (N-methyl/N-ethyl adjacent to an activating group) is 1. The van der Waals surface area contributed by atoms with Crippen LogP contribution >= 0.6 is 11.8 Å². The highest BCUT2D eigenvalue weighted by molar-refractivity contribution is 7.99. The molecule has 0 aliphatic carbocycles. The van der Waals surface area contributed by atoms with Crippen molar-refractivity contribution in [1.29, 1.82) is 0 Å². The Morgan fingerprint density at radius 3 is 2.41 bits per heavy atom. The van der Waals surface area contributed by atoms with Gasteiger partial charge >= 0.3 is 0 Å². The van der Waals surface area contributed by atoms with Gasteiger partial charge in [-0.05, 0) is 57.2 Å². The zero-order valence-corrected chi connectivity index (χ0v) is 15.3. The quantitative estimate of drug-likeness (QED) is 0.811. The van der Waals surface area contributed by atoms with Crippen molar-refractivity contribution in [3.63, 3.8) is 0 Å². The van der Waals surface area contributed by atoms with Crippen LogP contribution in [0.4, 0.5) is 0 Å². The number of carbonyl (C=O) groups excluding carboxylic acids is 1. The van der Waals surface area contributed by atoms with E-state index in [0.29, 0.717) is 6.04 Å². The summed E-state index contributed by atoms with van der Waals surface area (Å²) in [5.41, 5.74) is 0. The van der Waals surface area contributed by atoms with Crippen LogP contribution in [0.1, 0.15) is 46.0 Å². The van der Waals surface area contributed by atoms with Gasteiger partial charge in [0.1, 0.15) is 0 Å². The minimum atomic E-state index is 0.0263. The fraction of sp³-hybridized carbons (Fsp3) is 0.941. The zero-order valence-electron chi connectivity index (χ0n) is 14.5. The molecule has 0 aromatic heterocycles. The Labute approximate surface area is 140 Å². The van der Waals surface area contributed by atoms with E-state index >= 15 is 0 Å². The zero-order chi connectivity index (χ0) is 15.9. The molecule has 22 heavy (non-hydrogen) atoms. The largest absolute Gasteiger partial charge is 0.352 e. The summed E-state index contributed by atoms with van der Waals surface area (Å²) in [5, 5.41) is 3.30. The Kier molecular flexibility index (Phi) is 7.51. The first kappa shape index (κ1) is 18.1. The molecule has 0 bridgehead atoms. The van der Waals surface area contributed by atoms with Gasteiger partial charge in [-0.1, -0.05) is 13.8 Å². The molecule has 1 amide bonds. The third kappa shape index (κ3) is 4.87. The van der Waals surface area contributed by atoms with E-state index in [1.165, 1.54) is 24.3 Å². The van der Waals surface area contributed by atoms with Crippen molar-refractivity contribution in [2.45, 2.75) is 64.1 Å². The van der Waals surface area contributed by atoms with Crippen LogP contribution in [0.5, 0.6) is 0 Å². The van der Waals surface area contributed by atoms with Crippen molar-refractivity contribution < 1.29 is 4.79 Å². The smallest absolute Gasteiger partial charge is 0.237 e. The summed E-state index contributed by atoms with van der Waals surface area (Å²) in [4.78, 5) is 17.3. The minimum absolute atomic E-state index is 0.0263. The lowest BCUT2D eigenvalue weighted by Crippen LogP contribution is -2.52. The molecular formula is C17H33N3OS. The van der Waals surface area contributed by atoms with Gasteiger partial charge < -0.3 is 10.2 Å². The molecule has 0 spiro atoms. The van der Waals surface area contributed by atoms with E-state index in [1.54, 1.807) is 0 Å². The second-order valence-electron chi connectivity index (χ2n) is 6.66. The van der Waals surface area contributed by atoms with Crippen molar-refractivity contribution in [3.05, 3.63) is 0 Å². The molecule has 2 aliphatic rings. The van der Waals surface area contributed by atoms with Gasteiger partial charge in [0, 0.05) is 25.2 Å². The van der Waals surface area contributed by atoms with Gasteiger partial charge in [0.2, 0.25) is 5.91 Å². The Morgan fingerprint density at radius 1 is 1.23 bits per heavy atom. The summed E-state index contributed by atoms with van der Waals surface area (Å²) < 4.78 is 0. The third-order valence-corrected chi connectivity index (χ3v) is 6.35. The maximum atomic E-state index is 12.5. The van der Waals surface area contributed by atoms with Crippen LogP contribution < -0.4 is 5.32 Å². The number of thioether (sulfide) groups is 1. The van der Waals surface area contributed by atoms with E-state index in [2.05, 4.69) is 40.7 Å². The maximum absolute atomic E-state index is 12.5. The topological polar surface area (TPSA) is 35.6 Å². The Balaban J connectivity index is 1.75. The van der Waals surface area contributed by atoms with Gasteiger partial charge in [-0.2, -0.15) is 11.8 Å². The summed E-state index contributed by atoms with van der Waals surface area (Å²) in [6.07, 6.45) is 5.81. The molecule has 4 nitrogen and oxygen atoms in total. The summed E-state index contributed by atoms with van der Waals surface area (Å²) in [6, 6.07) is 1.20. The molecule has 2 saturated heterocycles. The Morgan fingerprint density at radius 2 is 1.86 bits per heavy atom. The number of likely N-dealkylation sites (tertiary alicyclic amines) is 1. The molecule has 5 heteroatoms. The molecule has 0 radical (unpaired) electrons. The highest BCUT2D eigenvalue weighted by Crippen LogP contribution is 2.24. The number of hydrogen-bond acceptors (Lipinski definition) is 4. The summed E-state index contributed by atoms with van der Waals surface area (Å²) >= 11 is 2.09. The average molecular weight is 328 g/mol. The lowest BCUT2D eigenvalue weighted by atomic mass is 10.00. The molecule has 2 aliphatic heterocycles. The number of carbonyl (C=O) groups is 1. The van der Waals surface area contributed by atoms with Gasteiger partial charge in [0.25, 0.3) is 0 Å². The monoisotopic (exact) mass is 327 g/mol. The number of hydrogen-bond donors (Lipinski definition) is 1. The van der Waals surface area contributed by atoms with Crippen molar-refractivity contribution in [1.82, 2.24) is 15.1 Å². The van der Waals surface area contributed by atoms with Gasteiger partial charge in [-0.15, -0.1) is 0 Å². The molecule has 0 saturated carbocycles. The van der Waals surface area contributed by atoms with Crippen LogP contribution in [-0.2, 0) is 4.79 Å². The first-order valence-corrected chi connectivity index (χ1v) is 10.1. The molecular weight excluding hydrogens is 294 g/mol. The van der Waals surface area contributed by atoms with Crippen LogP contribution in [-0.4, -0.2) is 72.0 Å². The summed E-state index contributed by atoms with van der Waals surface area (Å²) in [6.45, 7) is 7.43. The van der Waals surface area contributed by atoms with Gasteiger partial charge in [-0.25, -0.2) is 0 Å². The fourth-order valence-electron chi connectivity index (χ4n) is 3.67. The molecule has 0 aromatic carbocycles. The maximum Gasteiger partial charge on any atom is 0.237 e. The SMILES string of the molecule is CCC(C(=O)NC1CCN(C2CCSCC2)CC1)N(C)CC. The Hall–Kier alpha value is -0.260. The van der Waals surface area contributed by atoms with E-state index in [1.807, 2.05) is 7.05 Å². The van der Waals surface area contributed by atoms with Gasteiger partial charge in [-0.3, -0.25) is 9.69 Å². The number of nitrogens with zero attached hydrogens (tertiary/aromatic N) is 2. The third-order valence-electron chi connectivity index (χ3n) is 5.30. The highest BCUT2D eigenvalue weighted by atomic mass is 32.2. The molecule has 2 heterocycles. The van der Waals surface area contributed by atoms with Gasteiger partial charge in [0.05, 0.1) is 6.04 Å². The summed E-state index contributed by atoms with van der Waals surface area (Å²) in [7, 11) is 2.04. The Bertz CT molecular complexity index is 339. The van der Waals surface area contributed by atoms with Gasteiger partial charge in [0.15, 0.2) is 0 Å². The first-order chi connectivity index (χ1) is 10.7. The van der Waals surface area contributed by atoms with Crippen LogP contribution in [0.25, 0.3) is 0 Å². The molecule has 1 unspecified atom stereocenters. The lowest BCUT2D eigenvalue weighted by molar-refractivity contribution is -0.127. The first-order valence-electron chi connectivity index (χ1n) is 8.98.